The third-order valence-corrected chi connectivity index (χ3v) is 7.26. The zero-order valence-electron chi connectivity index (χ0n) is 21.1. The molecule has 1 aliphatic heterocycles. The molecule has 2 atom stereocenters. The molecule has 1 aromatic heterocycles. The lowest BCUT2D eigenvalue weighted by Crippen LogP contribution is -2.46. The molecule has 9 nitrogen and oxygen atoms in total. The first kappa shape index (κ1) is 26.3. The van der Waals surface area contributed by atoms with Gasteiger partial charge in [0.2, 0.25) is 5.91 Å². The van der Waals surface area contributed by atoms with Crippen molar-refractivity contribution in [1.82, 2.24) is 9.69 Å². The summed E-state index contributed by atoms with van der Waals surface area (Å²) in [5, 5.41) is 2.99. The fourth-order valence-electron chi connectivity index (χ4n) is 4.46. The summed E-state index contributed by atoms with van der Waals surface area (Å²) in [4.78, 5) is 41.2. The van der Waals surface area contributed by atoms with Gasteiger partial charge < -0.3 is 21.5 Å². The van der Waals surface area contributed by atoms with E-state index in [4.69, 9.17) is 16.2 Å². The zero-order chi connectivity index (χ0) is 26.7. The third-order valence-electron chi connectivity index (χ3n) is 6.41. The fourth-order valence-corrected chi connectivity index (χ4v) is 5.21. The summed E-state index contributed by atoms with van der Waals surface area (Å²) in [5.74, 6) is -1.73. The highest BCUT2D eigenvalue weighted by Gasteiger charge is 2.37. The normalized spacial score (nSPS) is 15.8. The van der Waals surface area contributed by atoms with Crippen molar-refractivity contribution >= 4 is 40.6 Å². The predicted molar refractivity (Wildman–Crippen MR) is 144 cm³/mol. The van der Waals surface area contributed by atoms with Crippen LogP contribution in [0, 0.1) is 20.8 Å². The van der Waals surface area contributed by atoms with Crippen molar-refractivity contribution in [2.45, 2.75) is 45.8 Å². The molecule has 0 aliphatic carbocycles. The SMILES string of the molecule is Cc1ccc([C@H](C(=O)NC[C@H]2CCCO2)N(C(=O)c2snc(C(N)=O)c2N)c2ccc(C)cc2C)cc1. The van der Waals surface area contributed by atoms with Crippen LogP contribution in [0.2, 0.25) is 0 Å². The smallest absolute Gasteiger partial charge is 0.273 e. The van der Waals surface area contributed by atoms with Crippen molar-refractivity contribution in [3.63, 3.8) is 0 Å². The van der Waals surface area contributed by atoms with Crippen LogP contribution in [0.15, 0.2) is 42.5 Å². The van der Waals surface area contributed by atoms with Crippen LogP contribution in [0.3, 0.4) is 0 Å². The van der Waals surface area contributed by atoms with Crippen LogP contribution in [0.25, 0.3) is 0 Å². The lowest BCUT2D eigenvalue weighted by atomic mass is 9.99. The number of nitrogen functional groups attached to an aromatic ring is 1. The van der Waals surface area contributed by atoms with E-state index in [1.165, 1.54) is 4.90 Å². The Morgan fingerprint density at radius 2 is 1.84 bits per heavy atom. The molecule has 2 aromatic carbocycles. The molecule has 4 rings (SSSR count). The van der Waals surface area contributed by atoms with Gasteiger partial charge in [-0.3, -0.25) is 19.3 Å². The Morgan fingerprint density at radius 3 is 2.43 bits per heavy atom. The number of aromatic nitrogens is 1. The highest BCUT2D eigenvalue weighted by atomic mass is 32.1. The maximum absolute atomic E-state index is 14.1. The van der Waals surface area contributed by atoms with Gasteiger partial charge in [0.15, 0.2) is 5.69 Å². The van der Waals surface area contributed by atoms with Gasteiger partial charge >= 0.3 is 0 Å². The van der Waals surface area contributed by atoms with Crippen molar-refractivity contribution in [2.24, 2.45) is 5.73 Å². The molecule has 3 amide bonds. The number of nitrogens with two attached hydrogens (primary N) is 2. The first-order valence-corrected chi connectivity index (χ1v) is 12.9. The number of anilines is 2. The maximum Gasteiger partial charge on any atom is 0.273 e. The molecule has 10 heteroatoms. The van der Waals surface area contributed by atoms with Gasteiger partial charge in [-0.2, -0.15) is 4.37 Å². The van der Waals surface area contributed by atoms with Gasteiger partial charge in [0.25, 0.3) is 11.8 Å². The van der Waals surface area contributed by atoms with Crippen LogP contribution in [0.5, 0.6) is 0 Å². The fraction of sp³-hybridized carbons (Fsp3) is 0.333. The Kier molecular flexibility index (Phi) is 7.89. The minimum absolute atomic E-state index is 0.0396. The first-order chi connectivity index (χ1) is 17.7. The van der Waals surface area contributed by atoms with Crippen molar-refractivity contribution in [3.05, 3.63) is 75.3 Å². The molecular formula is C27H31N5O4S. The minimum atomic E-state index is -1.02. The molecular weight excluding hydrogens is 490 g/mol. The van der Waals surface area contributed by atoms with Gasteiger partial charge in [-0.15, -0.1) is 0 Å². The van der Waals surface area contributed by atoms with E-state index in [-0.39, 0.29) is 28.3 Å². The van der Waals surface area contributed by atoms with E-state index in [2.05, 4.69) is 9.69 Å². The molecule has 0 spiro atoms. The van der Waals surface area contributed by atoms with Crippen LogP contribution in [-0.4, -0.2) is 41.4 Å². The number of carbonyl (C=O) groups is 3. The maximum atomic E-state index is 14.1. The van der Waals surface area contributed by atoms with Crippen LogP contribution in [0.1, 0.15) is 61.3 Å². The lowest BCUT2D eigenvalue weighted by Gasteiger charge is -2.32. The quantitative estimate of drug-likeness (QED) is 0.415. The predicted octanol–water partition coefficient (Wildman–Crippen LogP) is 3.43. The molecule has 2 heterocycles. The number of hydrogen-bond acceptors (Lipinski definition) is 7. The molecule has 0 saturated carbocycles. The second-order valence-electron chi connectivity index (χ2n) is 9.30. The Labute approximate surface area is 220 Å². The standard InChI is InChI=1S/C27H31N5O4S/c1-15-6-9-18(10-7-15)23(26(34)30-14-19-5-4-12-36-19)32(20-11-8-16(2)13-17(20)3)27(35)24-21(28)22(25(29)33)31-37-24/h6-11,13,19,23H,4-5,12,14,28H2,1-3H3,(H2,29,33)(H,30,34)/t19-,23-/m1/s1. The Morgan fingerprint density at radius 1 is 1.14 bits per heavy atom. The minimum Gasteiger partial charge on any atom is -0.395 e. The molecule has 0 bridgehead atoms. The molecule has 0 unspecified atom stereocenters. The summed E-state index contributed by atoms with van der Waals surface area (Å²) in [6.07, 6.45) is 1.74. The van der Waals surface area contributed by atoms with Gasteiger partial charge in [-0.25, -0.2) is 0 Å². The molecule has 1 aliphatic rings. The molecule has 1 saturated heterocycles. The lowest BCUT2D eigenvalue weighted by molar-refractivity contribution is -0.123. The van der Waals surface area contributed by atoms with Gasteiger partial charge in [0.05, 0.1) is 11.8 Å². The average molecular weight is 522 g/mol. The number of ether oxygens (including phenoxy) is 1. The van der Waals surface area contributed by atoms with E-state index in [9.17, 15) is 14.4 Å². The van der Waals surface area contributed by atoms with Gasteiger partial charge in [-0.05, 0) is 62.3 Å². The van der Waals surface area contributed by atoms with Crippen molar-refractivity contribution in [2.75, 3.05) is 23.8 Å². The molecule has 5 N–H and O–H groups in total. The highest BCUT2D eigenvalue weighted by molar-refractivity contribution is 7.09. The summed E-state index contributed by atoms with van der Waals surface area (Å²) in [6, 6.07) is 12.1. The van der Waals surface area contributed by atoms with Crippen LogP contribution >= 0.6 is 11.5 Å². The third kappa shape index (κ3) is 5.65. The number of nitrogens with one attached hydrogen (secondary N) is 1. The monoisotopic (exact) mass is 521 g/mol. The van der Waals surface area contributed by atoms with Crippen LogP contribution < -0.4 is 21.7 Å². The Hall–Kier alpha value is -3.76. The molecule has 194 valence electrons. The zero-order valence-corrected chi connectivity index (χ0v) is 21.9. The molecule has 37 heavy (non-hydrogen) atoms. The number of aryl methyl sites for hydroxylation is 3. The summed E-state index contributed by atoms with van der Waals surface area (Å²) >= 11 is 0.786. The Balaban J connectivity index is 1.84. The van der Waals surface area contributed by atoms with Crippen molar-refractivity contribution < 1.29 is 19.1 Å². The number of nitrogens with zero attached hydrogens (tertiary/aromatic N) is 2. The number of carbonyl (C=O) groups excluding carboxylic acids is 3. The largest absolute Gasteiger partial charge is 0.395 e. The second-order valence-corrected chi connectivity index (χ2v) is 10.1. The summed E-state index contributed by atoms with van der Waals surface area (Å²) < 4.78 is 9.68. The van der Waals surface area contributed by atoms with Crippen molar-refractivity contribution in [1.29, 1.82) is 0 Å². The average Bonchev–Trinajstić information content (AvgIpc) is 3.52. The van der Waals surface area contributed by atoms with E-state index >= 15 is 0 Å². The van der Waals surface area contributed by atoms with Crippen LogP contribution in [0.4, 0.5) is 11.4 Å². The number of amides is 3. The van der Waals surface area contributed by atoms with Gasteiger partial charge in [0, 0.05) is 18.8 Å². The number of benzene rings is 2. The second kappa shape index (κ2) is 11.1. The van der Waals surface area contributed by atoms with E-state index in [1.807, 2.05) is 63.2 Å². The summed E-state index contributed by atoms with van der Waals surface area (Å²) in [7, 11) is 0. The topological polar surface area (TPSA) is 141 Å². The van der Waals surface area contributed by atoms with Crippen LogP contribution in [-0.2, 0) is 9.53 Å². The molecule has 1 fully saturated rings. The van der Waals surface area contributed by atoms with E-state index in [1.54, 1.807) is 0 Å². The molecule has 3 aromatic rings. The summed E-state index contributed by atoms with van der Waals surface area (Å²) in [6.45, 7) is 6.79. The summed E-state index contributed by atoms with van der Waals surface area (Å²) in [5.41, 5.74) is 15.3. The number of rotatable bonds is 8. The first-order valence-electron chi connectivity index (χ1n) is 12.1. The molecule has 0 radical (unpaired) electrons. The van der Waals surface area contributed by atoms with Crippen molar-refractivity contribution in [3.8, 4) is 0 Å². The van der Waals surface area contributed by atoms with E-state index < -0.39 is 17.9 Å². The van der Waals surface area contributed by atoms with Gasteiger partial charge in [0.1, 0.15) is 10.9 Å². The number of hydrogen-bond donors (Lipinski definition) is 3. The van der Waals surface area contributed by atoms with Gasteiger partial charge in [-0.1, -0.05) is 47.5 Å². The van der Waals surface area contributed by atoms with E-state index in [0.29, 0.717) is 24.4 Å². The highest BCUT2D eigenvalue weighted by Crippen LogP contribution is 2.35. The Bertz CT molecular complexity index is 1310. The number of primary amides is 1. The van der Waals surface area contributed by atoms with E-state index in [0.717, 1.165) is 41.1 Å².